The van der Waals surface area contributed by atoms with Crippen molar-refractivity contribution in [2.45, 2.75) is 18.7 Å². The molecular formula is C24H19N3O2S. The van der Waals surface area contributed by atoms with Gasteiger partial charge in [0.15, 0.2) is 0 Å². The lowest BCUT2D eigenvalue weighted by atomic mass is 10.1. The van der Waals surface area contributed by atoms with Crippen molar-refractivity contribution in [3.8, 4) is 11.8 Å². The van der Waals surface area contributed by atoms with Gasteiger partial charge in [0.2, 0.25) is 0 Å². The normalized spacial score (nSPS) is 11.0. The highest BCUT2D eigenvalue weighted by atomic mass is 32.2. The molecule has 2 aromatic carbocycles. The fourth-order valence-electron chi connectivity index (χ4n) is 3.16. The van der Waals surface area contributed by atoms with Crippen LogP contribution in [0.25, 0.3) is 10.9 Å². The van der Waals surface area contributed by atoms with E-state index in [0.717, 1.165) is 16.5 Å². The number of aromatic nitrogens is 2. The number of nitrogens with zero attached hydrogens (tertiary/aromatic N) is 2. The number of pyridine rings is 2. The molecule has 0 amide bonds. The summed E-state index contributed by atoms with van der Waals surface area (Å²) in [7, 11) is -3.88. The lowest BCUT2D eigenvalue weighted by molar-refractivity contribution is 0.601. The van der Waals surface area contributed by atoms with E-state index in [9.17, 15) is 8.42 Å². The zero-order chi connectivity index (χ0) is 21.1. The molecule has 0 unspecified atom stereocenters. The number of hydrogen-bond acceptors (Lipinski definition) is 4. The van der Waals surface area contributed by atoms with Crippen LogP contribution >= 0.6 is 0 Å². The highest BCUT2D eigenvalue weighted by Gasteiger charge is 2.22. The monoisotopic (exact) mass is 413 g/mol. The molecule has 0 atom stereocenters. The number of sulfonamides is 1. The number of fused-ring (bicyclic) bond motifs is 1. The average Bonchev–Trinajstić information content (AvgIpc) is 2.73. The van der Waals surface area contributed by atoms with Crippen molar-refractivity contribution in [3.05, 3.63) is 95.4 Å². The molecule has 0 aliphatic heterocycles. The number of para-hydroxylation sites is 1. The van der Waals surface area contributed by atoms with Crippen LogP contribution in [0, 0.1) is 25.7 Å². The van der Waals surface area contributed by atoms with E-state index in [0.29, 0.717) is 22.3 Å². The first kappa shape index (κ1) is 19.6. The molecule has 0 bridgehead atoms. The maximum absolute atomic E-state index is 13.3. The van der Waals surface area contributed by atoms with Crippen molar-refractivity contribution in [3.63, 3.8) is 0 Å². The van der Waals surface area contributed by atoms with Gasteiger partial charge < -0.3 is 0 Å². The van der Waals surface area contributed by atoms with E-state index in [1.165, 1.54) is 0 Å². The van der Waals surface area contributed by atoms with E-state index in [-0.39, 0.29) is 4.90 Å². The summed E-state index contributed by atoms with van der Waals surface area (Å²) in [6.07, 6.45) is 5.00. The van der Waals surface area contributed by atoms with Gasteiger partial charge >= 0.3 is 0 Å². The van der Waals surface area contributed by atoms with Crippen LogP contribution in [0.15, 0.2) is 78.1 Å². The minimum Gasteiger partial charge on any atom is -0.278 e. The number of anilines is 1. The predicted molar refractivity (Wildman–Crippen MR) is 119 cm³/mol. The van der Waals surface area contributed by atoms with Gasteiger partial charge in [-0.3, -0.25) is 14.7 Å². The number of benzene rings is 2. The van der Waals surface area contributed by atoms with E-state index >= 15 is 0 Å². The second kappa shape index (κ2) is 7.97. The third kappa shape index (κ3) is 3.88. The van der Waals surface area contributed by atoms with Gasteiger partial charge in [0.1, 0.15) is 4.90 Å². The van der Waals surface area contributed by atoms with Gasteiger partial charge in [-0.1, -0.05) is 42.2 Å². The molecule has 5 nitrogen and oxygen atoms in total. The lowest BCUT2D eigenvalue weighted by Gasteiger charge is -2.13. The predicted octanol–water partition coefficient (Wildman–Crippen LogP) is 4.45. The van der Waals surface area contributed by atoms with Gasteiger partial charge in [-0.2, -0.15) is 0 Å². The van der Waals surface area contributed by atoms with Gasteiger partial charge in [0.05, 0.1) is 11.2 Å². The van der Waals surface area contributed by atoms with Crippen LogP contribution in [0.5, 0.6) is 0 Å². The SMILES string of the molecule is Cc1ccncc1C#Cc1ccccc1NS(=O)(=O)c1c(C)ccc2cccnc12. The molecule has 30 heavy (non-hydrogen) atoms. The van der Waals surface area contributed by atoms with E-state index < -0.39 is 10.0 Å². The zero-order valence-corrected chi connectivity index (χ0v) is 17.4. The first-order chi connectivity index (χ1) is 14.5. The molecule has 1 N–H and O–H groups in total. The number of aryl methyl sites for hydroxylation is 2. The maximum Gasteiger partial charge on any atom is 0.264 e. The van der Waals surface area contributed by atoms with Crippen molar-refractivity contribution in [2.75, 3.05) is 4.72 Å². The summed E-state index contributed by atoms with van der Waals surface area (Å²) >= 11 is 0. The van der Waals surface area contributed by atoms with Gasteiger partial charge in [0, 0.05) is 35.1 Å². The first-order valence-corrected chi connectivity index (χ1v) is 10.8. The Balaban J connectivity index is 1.77. The second-order valence-electron chi connectivity index (χ2n) is 6.88. The van der Waals surface area contributed by atoms with Crippen molar-refractivity contribution >= 4 is 26.6 Å². The molecule has 0 saturated heterocycles. The largest absolute Gasteiger partial charge is 0.278 e. The number of nitrogens with one attached hydrogen (secondary N) is 1. The summed E-state index contributed by atoms with van der Waals surface area (Å²) in [5.74, 6) is 6.14. The van der Waals surface area contributed by atoms with Gasteiger partial charge in [-0.05, 0) is 49.2 Å². The fourth-order valence-corrected chi connectivity index (χ4v) is 4.65. The molecule has 148 valence electrons. The summed E-state index contributed by atoms with van der Waals surface area (Å²) in [6, 6.07) is 16.2. The summed E-state index contributed by atoms with van der Waals surface area (Å²) in [5, 5.41) is 0.767. The quantitative estimate of drug-likeness (QED) is 0.504. The topological polar surface area (TPSA) is 72.0 Å². The van der Waals surface area contributed by atoms with Gasteiger partial charge in [0.25, 0.3) is 10.0 Å². The summed E-state index contributed by atoms with van der Waals surface area (Å²) in [5.41, 5.74) is 3.87. The Morgan fingerprint density at radius 2 is 1.63 bits per heavy atom. The van der Waals surface area contributed by atoms with E-state index in [2.05, 4.69) is 26.5 Å². The molecule has 0 radical (unpaired) electrons. The van der Waals surface area contributed by atoms with Crippen LogP contribution in [0.4, 0.5) is 5.69 Å². The zero-order valence-electron chi connectivity index (χ0n) is 16.5. The second-order valence-corrected chi connectivity index (χ2v) is 8.50. The highest BCUT2D eigenvalue weighted by Crippen LogP contribution is 2.27. The minimum atomic E-state index is -3.88. The smallest absolute Gasteiger partial charge is 0.264 e. The van der Waals surface area contributed by atoms with Crippen LogP contribution in [0.2, 0.25) is 0 Å². The summed E-state index contributed by atoms with van der Waals surface area (Å²) < 4.78 is 29.3. The van der Waals surface area contributed by atoms with Crippen molar-refractivity contribution in [2.24, 2.45) is 0 Å². The van der Waals surface area contributed by atoms with Crippen molar-refractivity contribution in [1.29, 1.82) is 0 Å². The molecule has 0 spiro atoms. The highest BCUT2D eigenvalue weighted by molar-refractivity contribution is 7.93. The Hall–Kier alpha value is -3.69. The minimum absolute atomic E-state index is 0.173. The van der Waals surface area contributed by atoms with Crippen LogP contribution < -0.4 is 4.72 Å². The van der Waals surface area contributed by atoms with Crippen LogP contribution in [0.3, 0.4) is 0 Å². The van der Waals surface area contributed by atoms with Crippen molar-refractivity contribution < 1.29 is 8.42 Å². The average molecular weight is 414 g/mol. The molecule has 4 aromatic rings. The fraction of sp³-hybridized carbons (Fsp3) is 0.0833. The third-order valence-corrected chi connectivity index (χ3v) is 6.28. The number of hydrogen-bond donors (Lipinski definition) is 1. The molecule has 0 fully saturated rings. The standard InChI is InChI=1S/C24H19N3O2S/c1-17-13-15-25-16-21(17)12-11-19-6-3-4-8-22(19)27-30(28,29)24-18(2)9-10-20-7-5-14-26-23(20)24/h3-10,13-16,27H,1-2H3. The summed E-state index contributed by atoms with van der Waals surface area (Å²) in [4.78, 5) is 8.57. The molecule has 4 rings (SSSR count). The summed E-state index contributed by atoms with van der Waals surface area (Å²) in [6.45, 7) is 3.72. The van der Waals surface area contributed by atoms with Gasteiger partial charge in [-0.25, -0.2) is 8.42 Å². The Morgan fingerprint density at radius 1 is 0.833 bits per heavy atom. The van der Waals surface area contributed by atoms with E-state index in [1.54, 1.807) is 55.8 Å². The van der Waals surface area contributed by atoms with E-state index in [1.807, 2.05) is 31.2 Å². The first-order valence-electron chi connectivity index (χ1n) is 9.34. The van der Waals surface area contributed by atoms with Gasteiger partial charge in [-0.15, -0.1) is 0 Å². The molecule has 2 heterocycles. The Kier molecular flexibility index (Phi) is 5.21. The molecular weight excluding hydrogens is 394 g/mol. The Labute approximate surface area is 175 Å². The molecule has 0 saturated carbocycles. The lowest BCUT2D eigenvalue weighted by Crippen LogP contribution is -2.16. The van der Waals surface area contributed by atoms with Crippen LogP contribution in [-0.2, 0) is 10.0 Å². The van der Waals surface area contributed by atoms with E-state index in [4.69, 9.17) is 0 Å². The Morgan fingerprint density at radius 3 is 2.47 bits per heavy atom. The number of rotatable bonds is 3. The molecule has 6 heteroatoms. The molecule has 0 aliphatic rings. The van der Waals surface area contributed by atoms with Crippen molar-refractivity contribution in [1.82, 2.24) is 9.97 Å². The maximum atomic E-state index is 13.3. The Bertz CT molecular complexity index is 1420. The third-order valence-electron chi connectivity index (χ3n) is 4.74. The molecule has 2 aromatic heterocycles. The van der Waals surface area contributed by atoms with Crippen LogP contribution in [-0.4, -0.2) is 18.4 Å². The molecule has 0 aliphatic carbocycles. The van der Waals surface area contributed by atoms with Crippen LogP contribution in [0.1, 0.15) is 22.3 Å².